The molecule has 0 aliphatic heterocycles. The van der Waals surface area contributed by atoms with E-state index in [-0.39, 0.29) is 22.2 Å². The third kappa shape index (κ3) is 2.30. The van der Waals surface area contributed by atoms with Crippen LogP contribution in [0.25, 0.3) is 0 Å². The van der Waals surface area contributed by atoms with Crippen LogP contribution in [0.15, 0.2) is 24.7 Å². The molecule has 0 aliphatic carbocycles. The van der Waals surface area contributed by atoms with E-state index in [1.165, 1.54) is 6.20 Å². The highest BCUT2D eigenvalue weighted by Crippen LogP contribution is 2.18. The second-order valence-electron chi connectivity index (χ2n) is 3.22. The second-order valence-corrected chi connectivity index (χ2v) is 3.63. The van der Waals surface area contributed by atoms with Gasteiger partial charge in [0.1, 0.15) is 0 Å². The minimum Gasteiger partial charge on any atom is -0.477 e. The van der Waals surface area contributed by atoms with E-state index in [0.29, 0.717) is 0 Å². The fourth-order valence-electron chi connectivity index (χ4n) is 1.27. The van der Waals surface area contributed by atoms with Gasteiger partial charge in [-0.15, -0.1) is 0 Å². The van der Waals surface area contributed by atoms with Crippen LogP contribution in [0.1, 0.15) is 21.0 Å². The quantitative estimate of drug-likeness (QED) is 0.778. The molecule has 1 amide bonds. The first-order chi connectivity index (χ1) is 8.59. The van der Waals surface area contributed by atoms with Gasteiger partial charge in [0, 0.05) is 6.20 Å². The Balaban J connectivity index is 2.25. The fraction of sp³-hybridized carbons (Fsp3) is 0. The number of carboxylic acids is 1. The van der Waals surface area contributed by atoms with Crippen LogP contribution < -0.4 is 5.32 Å². The first-order valence-corrected chi connectivity index (χ1v) is 5.16. The van der Waals surface area contributed by atoms with Crippen molar-refractivity contribution in [3.05, 3.63) is 41.1 Å². The van der Waals surface area contributed by atoms with Crippen LogP contribution in [0.4, 0.5) is 5.82 Å². The summed E-state index contributed by atoms with van der Waals surface area (Å²) < 4.78 is 0. The summed E-state index contributed by atoms with van der Waals surface area (Å²) >= 11 is 5.81. The number of amides is 1. The van der Waals surface area contributed by atoms with Crippen LogP contribution >= 0.6 is 11.6 Å². The van der Waals surface area contributed by atoms with Crippen LogP contribution in [-0.4, -0.2) is 31.9 Å². The zero-order valence-electron chi connectivity index (χ0n) is 8.85. The number of nitrogens with one attached hydrogen (secondary N) is 2. The zero-order valence-corrected chi connectivity index (χ0v) is 9.60. The van der Waals surface area contributed by atoms with Crippen molar-refractivity contribution in [3.8, 4) is 0 Å². The normalized spacial score (nSPS) is 10.1. The van der Waals surface area contributed by atoms with Crippen LogP contribution in [-0.2, 0) is 0 Å². The number of aromatic nitrogens is 3. The number of nitrogens with zero attached hydrogens (tertiary/aromatic N) is 2. The molecule has 8 heteroatoms. The molecule has 0 aliphatic rings. The third-order valence-electron chi connectivity index (χ3n) is 2.06. The summed E-state index contributed by atoms with van der Waals surface area (Å²) in [6.45, 7) is 0. The smallest absolute Gasteiger partial charge is 0.354 e. The van der Waals surface area contributed by atoms with Gasteiger partial charge in [0.2, 0.25) is 0 Å². The molecule has 7 nitrogen and oxygen atoms in total. The number of rotatable bonds is 3. The molecule has 0 saturated carbocycles. The molecule has 2 aromatic rings. The minimum absolute atomic E-state index is 0.142. The van der Waals surface area contributed by atoms with Gasteiger partial charge in [0.25, 0.3) is 5.91 Å². The highest BCUT2D eigenvalue weighted by Gasteiger charge is 2.20. The average molecular weight is 267 g/mol. The lowest BCUT2D eigenvalue weighted by molar-refractivity contribution is 0.0686. The molecule has 0 unspecified atom stereocenters. The number of aromatic amines is 1. The molecule has 2 heterocycles. The Hall–Kier alpha value is -2.41. The standard InChI is InChI=1S/C10H7ClN4O3/c11-5-2-1-3-12-8(5)15-9(16)6-7(10(17)18)14-4-13-6/h1-4H,(H,13,14)(H,17,18)(H,12,15,16). The van der Waals surface area contributed by atoms with E-state index >= 15 is 0 Å². The summed E-state index contributed by atoms with van der Waals surface area (Å²) in [5.74, 6) is -1.83. The van der Waals surface area contributed by atoms with Crippen molar-refractivity contribution in [2.45, 2.75) is 0 Å². The summed E-state index contributed by atoms with van der Waals surface area (Å²) in [7, 11) is 0. The minimum atomic E-state index is -1.27. The Labute approximate surface area is 106 Å². The summed E-state index contributed by atoms with van der Waals surface area (Å²) in [6.07, 6.45) is 2.57. The van der Waals surface area contributed by atoms with Crippen molar-refractivity contribution in [1.82, 2.24) is 15.0 Å². The Morgan fingerprint density at radius 1 is 1.39 bits per heavy atom. The molecule has 0 saturated heterocycles. The van der Waals surface area contributed by atoms with Crippen LogP contribution in [0, 0.1) is 0 Å². The maximum Gasteiger partial charge on any atom is 0.354 e. The van der Waals surface area contributed by atoms with Gasteiger partial charge < -0.3 is 15.4 Å². The number of pyridine rings is 1. The lowest BCUT2D eigenvalue weighted by Crippen LogP contribution is -2.17. The SMILES string of the molecule is O=C(Nc1ncccc1Cl)c1nc[nH]c1C(=O)O. The molecular formula is C10H7ClN4O3. The average Bonchev–Trinajstić information content (AvgIpc) is 2.81. The molecule has 0 radical (unpaired) electrons. The van der Waals surface area contributed by atoms with Gasteiger partial charge in [-0.25, -0.2) is 14.8 Å². The third-order valence-corrected chi connectivity index (χ3v) is 2.36. The van der Waals surface area contributed by atoms with Gasteiger partial charge >= 0.3 is 5.97 Å². The summed E-state index contributed by atoms with van der Waals surface area (Å²) in [4.78, 5) is 32.5. The van der Waals surface area contributed by atoms with Crippen LogP contribution in [0.5, 0.6) is 0 Å². The number of hydrogen-bond acceptors (Lipinski definition) is 4. The van der Waals surface area contributed by atoms with Gasteiger partial charge in [-0.05, 0) is 12.1 Å². The highest BCUT2D eigenvalue weighted by molar-refractivity contribution is 6.33. The Morgan fingerprint density at radius 3 is 2.83 bits per heavy atom. The maximum absolute atomic E-state index is 11.8. The van der Waals surface area contributed by atoms with Gasteiger partial charge in [0.15, 0.2) is 17.2 Å². The van der Waals surface area contributed by atoms with Gasteiger partial charge in [-0.3, -0.25) is 4.79 Å². The number of hydrogen-bond donors (Lipinski definition) is 3. The summed E-state index contributed by atoms with van der Waals surface area (Å²) in [5, 5.41) is 11.5. The number of aromatic carboxylic acids is 1. The molecule has 92 valence electrons. The molecule has 18 heavy (non-hydrogen) atoms. The number of carbonyl (C=O) groups excluding carboxylic acids is 1. The second kappa shape index (κ2) is 4.84. The number of H-pyrrole nitrogens is 1. The number of carboxylic acid groups (broad SMARTS) is 1. The number of halogens is 1. The maximum atomic E-state index is 11.8. The van der Waals surface area contributed by atoms with E-state index < -0.39 is 11.9 Å². The van der Waals surface area contributed by atoms with E-state index in [0.717, 1.165) is 6.33 Å². The monoisotopic (exact) mass is 266 g/mol. The molecule has 0 spiro atoms. The van der Waals surface area contributed by atoms with Crippen molar-refractivity contribution in [1.29, 1.82) is 0 Å². The van der Waals surface area contributed by atoms with Gasteiger partial charge in [-0.2, -0.15) is 0 Å². The van der Waals surface area contributed by atoms with Crippen molar-refractivity contribution in [3.63, 3.8) is 0 Å². The number of carbonyl (C=O) groups is 2. The van der Waals surface area contributed by atoms with Crippen molar-refractivity contribution in [2.24, 2.45) is 0 Å². The molecule has 3 N–H and O–H groups in total. The largest absolute Gasteiger partial charge is 0.477 e. The van der Waals surface area contributed by atoms with Crippen LogP contribution in [0.2, 0.25) is 5.02 Å². The van der Waals surface area contributed by atoms with E-state index in [9.17, 15) is 9.59 Å². The Morgan fingerprint density at radius 2 is 2.17 bits per heavy atom. The lowest BCUT2D eigenvalue weighted by Gasteiger charge is -2.04. The Bertz CT molecular complexity index is 611. The molecule has 0 atom stereocenters. The predicted octanol–water partition coefficient (Wildman–Crippen LogP) is 1.41. The van der Waals surface area contributed by atoms with E-state index in [2.05, 4.69) is 20.3 Å². The topological polar surface area (TPSA) is 108 Å². The van der Waals surface area contributed by atoms with Gasteiger partial charge in [-0.1, -0.05) is 11.6 Å². The Kier molecular flexibility index (Phi) is 3.24. The van der Waals surface area contributed by atoms with Crippen molar-refractivity contribution in [2.75, 3.05) is 5.32 Å². The highest BCUT2D eigenvalue weighted by atomic mass is 35.5. The van der Waals surface area contributed by atoms with Crippen molar-refractivity contribution >= 4 is 29.3 Å². The molecule has 2 rings (SSSR count). The molecule has 2 aromatic heterocycles. The fourth-order valence-corrected chi connectivity index (χ4v) is 1.44. The number of imidazole rings is 1. The predicted molar refractivity (Wildman–Crippen MR) is 62.7 cm³/mol. The first-order valence-electron chi connectivity index (χ1n) is 4.78. The molecular weight excluding hydrogens is 260 g/mol. The summed E-state index contributed by atoms with van der Waals surface area (Å²) in [5.41, 5.74) is -0.524. The molecule has 0 aromatic carbocycles. The summed E-state index contributed by atoms with van der Waals surface area (Å²) in [6, 6.07) is 3.15. The van der Waals surface area contributed by atoms with Crippen LogP contribution in [0.3, 0.4) is 0 Å². The van der Waals surface area contributed by atoms with E-state index in [1.807, 2.05) is 0 Å². The molecule has 0 bridgehead atoms. The first kappa shape index (κ1) is 12.1. The van der Waals surface area contributed by atoms with E-state index in [1.54, 1.807) is 12.1 Å². The zero-order chi connectivity index (χ0) is 13.1. The lowest BCUT2D eigenvalue weighted by atomic mass is 10.3. The molecule has 0 fully saturated rings. The van der Waals surface area contributed by atoms with E-state index in [4.69, 9.17) is 16.7 Å². The van der Waals surface area contributed by atoms with Crippen molar-refractivity contribution < 1.29 is 14.7 Å². The number of anilines is 1. The van der Waals surface area contributed by atoms with Gasteiger partial charge in [0.05, 0.1) is 11.3 Å².